The third-order valence-electron chi connectivity index (χ3n) is 2.43. The van der Waals surface area contributed by atoms with Crippen molar-refractivity contribution in [3.63, 3.8) is 0 Å². The van der Waals surface area contributed by atoms with Crippen LogP contribution in [0.15, 0.2) is 0 Å². The van der Waals surface area contributed by atoms with Crippen LogP contribution in [0.3, 0.4) is 0 Å². The van der Waals surface area contributed by atoms with E-state index in [4.69, 9.17) is 0 Å². The highest BCUT2D eigenvalue weighted by Crippen LogP contribution is 2.09. The Morgan fingerprint density at radius 1 is 1.57 bits per heavy atom. The summed E-state index contributed by atoms with van der Waals surface area (Å²) in [7, 11) is 1.36. The highest BCUT2D eigenvalue weighted by Gasteiger charge is 2.20. The van der Waals surface area contributed by atoms with Gasteiger partial charge in [-0.25, -0.2) is 4.79 Å². The van der Waals surface area contributed by atoms with E-state index in [0.717, 1.165) is 32.2 Å². The van der Waals surface area contributed by atoms with Gasteiger partial charge in [0.25, 0.3) is 0 Å². The van der Waals surface area contributed by atoms with Crippen LogP contribution in [-0.4, -0.2) is 50.1 Å². The number of rotatable bonds is 3. The first-order chi connectivity index (χ1) is 6.76. The van der Waals surface area contributed by atoms with Crippen molar-refractivity contribution in [3.05, 3.63) is 0 Å². The lowest BCUT2D eigenvalue weighted by Crippen LogP contribution is -2.45. The summed E-state index contributed by atoms with van der Waals surface area (Å²) in [5.41, 5.74) is 0. The average Bonchev–Trinajstić information content (AvgIpc) is 2.21. The Labute approximate surface area is 83.4 Å². The molecule has 0 bridgehead atoms. The Morgan fingerprint density at radius 3 is 2.71 bits per heavy atom. The maximum absolute atomic E-state index is 10.9. The van der Waals surface area contributed by atoms with Gasteiger partial charge < -0.3 is 14.8 Å². The molecule has 5 nitrogen and oxygen atoms in total. The number of carbonyl (C=O) groups is 2. The first-order valence-electron chi connectivity index (χ1n) is 4.76. The molecule has 0 saturated carbocycles. The number of ether oxygens (including phenoxy) is 1. The molecular weight excluding hydrogens is 184 g/mol. The van der Waals surface area contributed by atoms with Gasteiger partial charge in [-0.2, -0.15) is 0 Å². The van der Waals surface area contributed by atoms with E-state index in [0.29, 0.717) is 6.54 Å². The minimum atomic E-state index is -0.376. The fourth-order valence-electron chi connectivity index (χ4n) is 1.59. The maximum atomic E-state index is 10.9. The molecule has 0 unspecified atom stereocenters. The van der Waals surface area contributed by atoms with E-state index in [2.05, 4.69) is 15.0 Å². The third kappa shape index (κ3) is 3.33. The minimum absolute atomic E-state index is 0.186. The highest BCUT2D eigenvalue weighted by atomic mass is 16.5. The predicted octanol–water partition coefficient (Wildman–Crippen LogP) is 0.00570. The summed E-state index contributed by atoms with van der Waals surface area (Å²) in [6, 6.07) is 0.186. The predicted molar refractivity (Wildman–Crippen MR) is 51.1 cm³/mol. The van der Waals surface area contributed by atoms with Crippen LogP contribution in [-0.2, 0) is 9.53 Å². The smallest absolute Gasteiger partial charge is 0.407 e. The topological polar surface area (TPSA) is 58.6 Å². The molecule has 0 atom stereocenters. The van der Waals surface area contributed by atoms with Crippen LogP contribution in [0.1, 0.15) is 12.8 Å². The molecule has 1 saturated heterocycles. The Balaban J connectivity index is 2.21. The zero-order valence-electron chi connectivity index (χ0n) is 8.36. The van der Waals surface area contributed by atoms with Gasteiger partial charge in [0.1, 0.15) is 6.29 Å². The van der Waals surface area contributed by atoms with Crippen molar-refractivity contribution in [2.45, 2.75) is 18.9 Å². The number of nitrogens with zero attached hydrogens (tertiary/aromatic N) is 1. The molecule has 1 N–H and O–H groups in total. The number of alkyl carbamates (subject to hydrolysis) is 1. The van der Waals surface area contributed by atoms with E-state index in [1.165, 1.54) is 7.11 Å². The number of carbonyl (C=O) groups excluding carboxylic acids is 2. The average molecular weight is 200 g/mol. The van der Waals surface area contributed by atoms with Crippen LogP contribution in [0.5, 0.6) is 0 Å². The van der Waals surface area contributed by atoms with Crippen LogP contribution in [0.25, 0.3) is 0 Å². The van der Waals surface area contributed by atoms with E-state index in [-0.39, 0.29) is 12.1 Å². The molecule has 1 heterocycles. The number of likely N-dealkylation sites (tertiary alicyclic amines) is 1. The quantitative estimate of drug-likeness (QED) is 0.652. The molecule has 0 aromatic carbocycles. The van der Waals surface area contributed by atoms with Gasteiger partial charge in [-0.15, -0.1) is 0 Å². The van der Waals surface area contributed by atoms with E-state index in [1.807, 2.05) is 0 Å². The lowest BCUT2D eigenvalue weighted by atomic mass is 10.1. The Hall–Kier alpha value is -1.10. The van der Waals surface area contributed by atoms with Crippen molar-refractivity contribution in [3.8, 4) is 0 Å². The zero-order chi connectivity index (χ0) is 10.4. The number of hydrogen-bond acceptors (Lipinski definition) is 4. The maximum Gasteiger partial charge on any atom is 0.407 e. The molecule has 0 spiro atoms. The van der Waals surface area contributed by atoms with Crippen LogP contribution >= 0.6 is 0 Å². The first-order valence-corrected chi connectivity index (χ1v) is 4.76. The van der Waals surface area contributed by atoms with E-state index < -0.39 is 0 Å². The van der Waals surface area contributed by atoms with Crippen molar-refractivity contribution < 1.29 is 14.3 Å². The second-order valence-corrected chi connectivity index (χ2v) is 3.38. The second-order valence-electron chi connectivity index (χ2n) is 3.38. The molecular formula is C9H16N2O3. The number of nitrogens with one attached hydrogen (secondary N) is 1. The van der Waals surface area contributed by atoms with Crippen LogP contribution < -0.4 is 5.32 Å². The normalized spacial score (nSPS) is 18.9. The number of aldehydes is 1. The monoisotopic (exact) mass is 200 g/mol. The molecule has 0 aliphatic carbocycles. The summed E-state index contributed by atoms with van der Waals surface area (Å²) in [4.78, 5) is 23.2. The van der Waals surface area contributed by atoms with E-state index >= 15 is 0 Å². The lowest BCUT2D eigenvalue weighted by molar-refractivity contribution is -0.109. The summed E-state index contributed by atoms with van der Waals surface area (Å²) in [5, 5.41) is 2.76. The summed E-state index contributed by atoms with van der Waals surface area (Å²) in [6.45, 7) is 2.20. The SMILES string of the molecule is COC(=O)NC1CCN(CC=O)CC1. The molecule has 1 aliphatic rings. The zero-order valence-corrected chi connectivity index (χ0v) is 8.36. The van der Waals surface area contributed by atoms with Crippen molar-refractivity contribution in [2.75, 3.05) is 26.7 Å². The van der Waals surface area contributed by atoms with E-state index in [9.17, 15) is 9.59 Å². The minimum Gasteiger partial charge on any atom is -0.453 e. The fourth-order valence-corrected chi connectivity index (χ4v) is 1.59. The number of piperidine rings is 1. The van der Waals surface area contributed by atoms with Gasteiger partial charge in [0, 0.05) is 19.1 Å². The summed E-state index contributed by atoms with van der Waals surface area (Å²) >= 11 is 0. The molecule has 0 radical (unpaired) electrons. The molecule has 80 valence electrons. The van der Waals surface area contributed by atoms with Crippen molar-refractivity contribution >= 4 is 12.4 Å². The number of hydrogen-bond donors (Lipinski definition) is 1. The van der Waals surface area contributed by atoms with Gasteiger partial charge in [0.2, 0.25) is 0 Å². The Kier molecular flexibility index (Phi) is 4.39. The third-order valence-corrected chi connectivity index (χ3v) is 2.43. The molecule has 0 aromatic rings. The Morgan fingerprint density at radius 2 is 2.21 bits per heavy atom. The molecule has 1 aliphatic heterocycles. The van der Waals surface area contributed by atoms with Crippen LogP contribution in [0.4, 0.5) is 4.79 Å². The van der Waals surface area contributed by atoms with Crippen molar-refractivity contribution in [1.82, 2.24) is 10.2 Å². The summed E-state index contributed by atoms with van der Waals surface area (Å²) in [5.74, 6) is 0. The van der Waals surface area contributed by atoms with Crippen LogP contribution in [0.2, 0.25) is 0 Å². The molecule has 0 aromatic heterocycles. The van der Waals surface area contributed by atoms with Crippen molar-refractivity contribution in [1.29, 1.82) is 0 Å². The lowest BCUT2D eigenvalue weighted by Gasteiger charge is -2.30. The molecule has 14 heavy (non-hydrogen) atoms. The standard InChI is InChI=1S/C9H16N2O3/c1-14-9(13)10-8-2-4-11(5-3-8)6-7-12/h7-8H,2-6H2,1H3,(H,10,13). The second kappa shape index (κ2) is 5.59. The first kappa shape index (κ1) is 11.0. The van der Waals surface area contributed by atoms with Crippen LogP contribution in [0, 0.1) is 0 Å². The highest BCUT2D eigenvalue weighted by molar-refractivity contribution is 5.67. The Bertz CT molecular complexity index is 200. The van der Waals surface area contributed by atoms with Gasteiger partial charge in [0.05, 0.1) is 13.7 Å². The van der Waals surface area contributed by atoms with Gasteiger partial charge >= 0.3 is 6.09 Å². The number of amides is 1. The fraction of sp³-hybridized carbons (Fsp3) is 0.778. The van der Waals surface area contributed by atoms with E-state index in [1.54, 1.807) is 0 Å². The van der Waals surface area contributed by atoms with Gasteiger partial charge in [-0.05, 0) is 12.8 Å². The molecule has 1 fully saturated rings. The van der Waals surface area contributed by atoms with Crippen molar-refractivity contribution in [2.24, 2.45) is 0 Å². The largest absolute Gasteiger partial charge is 0.453 e. The van der Waals surface area contributed by atoms with Gasteiger partial charge in [-0.1, -0.05) is 0 Å². The summed E-state index contributed by atoms with van der Waals surface area (Å²) < 4.78 is 4.51. The molecule has 1 rings (SSSR count). The number of methoxy groups -OCH3 is 1. The van der Waals surface area contributed by atoms with Gasteiger partial charge in [-0.3, -0.25) is 4.90 Å². The molecule has 5 heteroatoms. The molecule has 1 amide bonds. The summed E-state index contributed by atoms with van der Waals surface area (Å²) in [6.07, 6.45) is 2.29. The van der Waals surface area contributed by atoms with Gasteiger partial charge in [0.15, 0.2) is 0 Å².